The Morgan fingerprint density at radius 1 is 1.30 bits per heavy atom. The Morgan fingerprint density at radius 2 is 2.20 bits per heavy atom. The van der Waals surface area contributed by atoms with Crippen molar-refractivity contribution in [3.05, 3.63) is 48.0 Å². The Labute approximate surface area is 123 Å². The number of nitrogens with one attached hydrogen (secondary N) is 1. The van der Waals surface area contributed by atoms with Crippen molar-refractivity contribution in [2.24, 2.45) is 0 Å². The number of benzene rings is 1. The Hall–Kier alpha value is -1.26. The highest BCUT2D eigenvalue weighted by Gasteiger charge is 2.24. The minimum Gasteiger partial charge on any atom is -0.333 e. The van der Waals surface area contributed by atoms with Crippen LogP contribution in [0.5, 0.6) is 0 Å². The predicted octanol–water partition coefficient (Wildman–Crippen LogP) is 2.85. The van der Waals surface area contributed by atoms with Crippen molar-refractivity contribution in [1.82, 2.24) is 14.9 Å². The van der Waals surface area contributed by atoms with Crippen LogP contribution in [0, 0.1) is 0 Å². The minimum absolute atomic E-state index is 0.640. The van der Waals surface area contributed by atoms with Gasteiger partial charge in [0.25, 0.3) is 0 Å². The molecule has 2 aromatic rings. The average Bonchev–Trinajstić information content (AvgIpc) is 3.04. The summed E-state index contributed by atoms with van der Waals surface area (Å²) in [5.41, 5.74) is 1.50. The molecule has 1 aromatic carbocycles. The number of thioether (sulfide) groups is 1. The van der Waals surface area contributed by atoms with Gasteiger partial charge in [0.2, 0.25) is 0 Å². The van der Waals surface area contributed by atoms with E-state index in [4.69, 9.17) is 0 Å². The number of hydrogen-bond donors (Lipinski definition) is 1. The first-order chi connectivity index (χ1) is 9.88. The molecule has 0 amide bonds. The monoisotopic (exact) mass is 285 g/mol. The molecule has 3 nitrogen and oxygen atoms in total. The van der Waals surface area contributed by atoms with Crippen molar-refractivity contribution in [2.75, 3.05) is 0 Å². The van der Waals surface area contributed by atoms with Crippen LogP contribution in [0.2, 0.25) is 0 Å². The number of hydrogen-bond acceptors (Lipinski definition) is 3. The summed E-state index contributed by atoms with van der Waals surface area (Å²) < 4.78 is 2.32. The number of imidazole rings is 1. The highest BCUT2D eigenvalue weighted by Crippen LogP contribution is 2.37. The van der Waals surface area contributed by atoms with E-state index in [0.717, 1.165) is 19.1 Å². The van der Waals surface area contributed by atoms with Crippen molar-refractivity contribution in [2.45, 2.75) is 48.5 Å². The second-order valence-electron chi connectivity index (χ2n) is 5.70. The van der Waals surface area contributed by atoms with Crippen LogP contribution in [-0.2, 0) is 19.5 Å². The first-order valence-corrected chi connectivity index (χ1v) is 8.24. The van der Waals surface area contributed by atoms with E-state index in [0.29, 0.717) is 5.25 Å². The molecule has 0 bridgehead atoms. The lowest BCUT2D eigenvalue weighted by atomic mass is 10.1. The molecular weight excluding hydrogens is 266 g/mol. The van der Waals surface area contributed by atoms with Gasteiger partial charge in [0.1, 0.15) is 5.82 Å². The fourth-order valence-electron chi connectivity index (χ4n) is 2.77. The van der Waals surface area contributed by atoms with Gasteiger partial charge in [-0.3, -0.25) is 0 Å². The topological polar surface area (TPSA) is 29.9 Å². The van der Waals surface area contributed by atoms with Crippen LogP contribution in [0.3, 0.4) is 0 Å². The van der Waals surface area contributed by atoms with Crippen LogP contribution in [-0.4, -0.2) is 20.8 Å². The van der Waals surface area contributed by atoms with Gasteiger partial charge < -0.3 is 9.88 Å². The third kappa shape index (κ3) is 2.63. The zero-order valence-electron chi connectivity index (χ0n) is 11.5. The second kappa shape index (κ2) is 5.26. The molecule has 20 heavy (non-hydrogen) atoms. The molecule has 0 saturated heterocycles. The maximum atomic E-state index is 4.50. The molecule has 1 atom stereocenters. The molecule has 1 unspecified atom stereocenters. The lowest BCUT2D eigenvalue weighted by molar-refractivity contribution is 0.582. The molecule has 1 N–H and O–H groups in total. The van der Waals surface area contributed by atoms with E-state index in [2.05, 4.69) is 45.3 Å². The summed E-state index contributed by atoms with van der Waals surface area (Å²) >= 11 is 2.01. The molecule has 1 fully saturated rings. The van der Waals surface area contributed by atoms with Crippen molar-refractivity contribution in [1.29, 1.82) is 0 Å². The van der Waals surface area contributed by atoms with Gasteiger partial charge >= 0.3 is 0 Å². The van der Waals surface area contributed by atoms with Crippen LogP contribution in [0.25, 0.3) is 0 Å². The molecular formula is C16H19N3S. The first kappa shape index (κ1) is 12.5. The molecule has 2 heterocycles. The maximum absolute atomic E-state index is 4.50. The Morgan fingerprint density at radius 3 is 3.05 bits per heavy atom. The van der Waals surface area contributed by atoms with Crippen LogP contribution in [0.1, 0.15) is 24.2 Å². The van der Waals surface area contributed by atoms with E-state index in [-0.39, 0.29) is 0 Å². The highest BCUT2D eigenvalue weighted by molar-refractivity contribution is 8.00. The molecule has 2 aliphatic rings. The predicted molar refractivity (Wildman–Crippen MR) is 81.9 cm³/mol. The summed E-state index contributed by atoms with van der Waals surface area (Å²) in [5.74, 6) is 1.17. The quantitative estimate of drug-likeness (QED) is 0.916. The lowest BCUT2D eigenvalue weighted by Crippen LogP contribution is -2.21. The number of fused-ring (bicyclic) bond motifs is 1. The van der Waals surface area contributed by atoms with Gasteiger partial charge in [0.15, 0.2) is 0 Å². The summed E-state index contributed by atoms with van der Waals surface area (Å²) in [6.07, 6.45) is 7.88. The van der Waals surface area contributed by atoms with Crippen LogP contribution >= 0.6 is 11.8 Å². The first-order valence-electron chi connectivity index (χ1n) is 7.36. The van der Waals surface area contributed by atoms with Gasteiger partial charge in [0, 0.05) is 35.1 Å². The van der Waals surface area contributed by atoms with Gasteiger partial charge in [-0.1, -0.05) is 18.2 Å². The van der Waals surface area contributed by atoms with Crippen LogP contribution in [0.15, 0.2) is 41.6 Å². The minimum atomic E-state index is 0.640. The second-order valence-corrected chi connectivity index (χ2v) is 7.04. The standard InChI is InChI=1S/C16H19N3S/c1-2-4-15-12(3-1)9-14(20-15)11-19-8-7-17-16(19)10-18-13-5-6-13/h1-4,7-8,13-14,18H,5-6,9-11H2. The van der Waals surface area contributed by atoms with Gasteiger partial charge in [-0.25, -0.2) is 4.98 Å². The molecule has 104 valence electrons. The third-order valence-corrected chi connectivity index (χ3v) is 5.34. The highest BCUT2D eigenvalue weighted by atomic mass is 32.2. The van der Waals surface area contributed by atoms with Crippen LogP contribution < -0.4 is 5.32 Å². The molecule has 1 aliphatic carbocycles. The Balaban J connectivity index is 1.41. The van der Waals surface area contributed by atoms with Crippen molar-refractivity contribution in [3.8, 4) is 0 Å². The van der Waals surface area contributed by atoms with Gasteiger partial charge in [-0.15, -0.1) is 11.8 Å². The fraction of sp³-hybridized carbons (Fsp3) is 0.438. The zero-order chi connectivity index (χ0) is 13.4. The van der Waals surface area contributed by atoms with Gasteiger partial charge in [-0.2, -0.15) is 0 Å². The van der Waals surface area contributed by atoms with Crippen molar-refractivity contribution in [3.63, 3.8) is 0 Å². The van der Waals surface area contributed by atoms with E-state index < -0.39 is 0 Å². The summed E-state index contributed by atoms with van der Waals surface area (Å²) in [6, 6.07) is 9.51. The van der Waals surface area contributed by atoms with Gasteiger partial charge in [-0.05, 0) is 30.9 Å². The zero-order valence-corrected chi connectivity index (χ0v) is 12.3. The van der Waals surface area contributed by atoms with Crippen molar-refractivity contribution >= 4 is 11.8 Å². The lowest BCUT2D eigenvalue weighted by Gasteiger charge is -2.13. The molecule has 4 rings (SSSR count). The smallest absolute Gasteiger partial charge is 0.122 e. The summed E-state index contributed by atoms with van der Waals surface area (Å²) in [6.45, 7) is 1.96. The van der Waals surface area contributed by atoms with E-state index in [1.54, 1.807) is 0 Å². The number of nitrogens with zero attached hydrogens (tertiary/aromatic N) is 2. The summed E-state index contributed by atoms with van der Waals surface area (Å²) in [5, 5.41) is 4.19. The maximum Gasteiger partial charge on any atom is 0.122 e. The van der Waals surface area contributed by atoms with Gasteiger partial charge in [0.05, 0.1) is 6.54 Å². The number of aromatic nitrogens is 2. The SMILES string of the molecule is c1ccc2c(c1)CC(Cn1ccnc1CNC1CC1)S2. The average molecular weight is 285 g/mol. The third-order valence-electron chi connectivity index (χ3n) is 4.04. The largest absolute Gasteiger partial charge is 0.333 e. The molecule has 0 radical (unpaired) electrons. The van der Waals surface area contributed by atoms with E-state index in [9.17, 15) is 0 Å². The molecule has 0 spiro atoms. The van der Waals surface area contributed by atoms with E-state index in [1.165, 1.54) is 35.5 Å². The number of rotatable bonds is 5. The van der Waals surface area contributed by atoms with Crippen LogP contribution in [0.4, 0.5) is 0 Å². The molecule has 1 saturated carbocycles. The Kier molecular flexibility index (Phi) is 3.28. The van der Waals surface area contributed by atoms with E-state index in [1.807, 2.05) is 18.0 Å². The molecule has 4 heteroatoms. The molecule has 1 aliphatic heterocycles. The normalized spacial score (nSPS) is 21.1. The molecule has 1 aromatic heterocycles. The Bertz CT molecular complexity index is 578. The fourth-order valence-corrected chi connectivity index (χ4v) is 4.09. The summed E-state index contributed by atoms with van der Waals surface area (Å²) in [4.78, 5) is 5.95. The van der Waals surface area contributed by atoms with E-state index >= 15 is 0 Å². The summed E-state index contributed by atoms with van der Waals surface area (Å²) in [7, 11) is 0. The van der Waals surface area contributed by atoms with Crippen molar-refractivity contribution < 1.29 is 0 Å².